The maximum atomic E-state index is 12.0. The molecule has 0 radical (unpaired) electrons. The number of likely N-dealkylation sites (N-methyl/N-ethyl adjacent to an activating group) is 2. The van der Waals surface area contributed by atoms with E-state index in [1.165, 1.54) is 0 Å². The zero-order valence-electron chi connectivity index (χ0n) is 11.6. The van der Waals surface area contributed by atoms with Gasteiger partial charge in [-0.05, 0) is 26.0 Å². The van der Waals surface area contributed by atoms with E-state index in [1.54, 1.807) is 17.2 Å². The van der Waals surface area contributed by atoms with E-state index in [2.05, 4.69) is 4.98 Å². The van der Waals surface area contributed by atoms with Gasteiger partial charge < -0.3 is 15.5 Å². The molecule has 1 heterocycles. The Hall–Kier alpha value is -1.69. The average Bonchev–Trinajstić information content (AvgIpc) is 2.40. The first-order valence-electron chi connectivity index (χ1n) is 6.24. The van der Waals surface area contributed by atoms with Crippen LogP contribution in [0.15, 0.2) is 18.3 Å². The van der Waals surface area contributed by atoms with Crippen LogP contribution in [-0.2, 0) is 4.79 Å². The Balaban J connectivity index is 2.70. The van der Waals surface area contributed by atoms with Gasteiger partial charge in [0.1, 0.15) is 4.99 Å². The summed E-state index contributed by atoms with van der Waals surface area (Å²) in [5.74, 6) is 0.103. The Kier molecular flexibility index (Phi) is 5.69. The summed E-state index contributed by atoms with van der Waals surface area (Å²) in [6.45, 7) is 5.72. The number of nitrogens with two attached hydrogens (primary N) is 1. The smallest absolute Gasteiger partial charge is 0.242 e. The van der Waals surface area contributed by atoms with Crippen molar-refractivity contribution in [1.29, 1.82) is 0 Å². The van der Waals surface area contributed by atoms with Crippen molar-refractivity contribution in [3.05, 3.63) is 24.0 Å². The fourth-order valence-corrected chi connectivity index (χ4v) is 1.85. The molecule has 104 valence electrons. The van der Waals surface area contributed by atoms with Gasteiger partial charge in [-0.2, -0.15) is 0 Å². The summed E-state index contributed by atoms with van der Waals surface area (Å²) in [5.41, 5.74) is 6.94. The molecule has 0 spiro atoms. The number of hydrogen-bond donors (Lipinski definition) is 1. The van der Waals surface area contributed by atoms with Gasteiger partial charge in [-0.15, -0.1) is 0 Å². The first-order valence-corrected chi connectivity index (χ1v) is 6.65. The van der Waals surface area contributed by atoms with Crippen LogP contribution >= 0.6 is 12.2 Å². The highest BCUT2D eigenvalue weighted by atomic mass is 32.1. The van der Waals surface area contributed by atoms with Crippen LogP contribution in [-0.4, -0.2) is 47.5 Å². The second kappa shape index (κ2) is 7.04. The van der Waals surface area contributed by atoms with Gasteiger partial charge in [-0.25, -0.2) is 0 Å². The van der Waals surface area contributed by atoms with Gasteiger partial charge in [0, 0.05) is 20.1 Å². The second-order valence-corrected chi connectivity index (χ2v) is 4.63. The molecular weight excluding hydrogens is 260 g/mol. The molecule has 0 aliphatic carbocycles. The third kappa shape index (κ3) is 4.17. The number of pyridine rings is 1. The minimum Gasteiger partial charge on any atom is -0.388 e. The summed E-state index contributed by atoms with van der Waals surface area (Å²) in [5, 5.41) is 0. The van der Waals surface area contributed by atoms with Crippen molar-refractivity contribution >= 4 is 28.8 Å². The Labute approximate surface area is 119 Å². The van der Waals surface area contributed by atoms with E-state index in [0.29, 0.717) is 12.2 Å². The molecule has 19 heavy (non-hydrogen) atoms. The fourth-order valence-electron chi connectivity index (χ4n) is 1.73. The molecule has 5 nitrogen and oxygen atoms in total. The Bertz CT molecular complexity index is 442. The number of nitrogens with zero attached hydrogens (tertiary/aromatic N) is 3. The standard InChI is InChI=1S/C13H20N4OS/c1-4-17(5-2)12(18)9-16(3)10-6-7-11(13(14)19)15-8-10/h6-8H,4-5,9H2,1-3H3,(H2,14,19). The van der Waals surface area contributed by atoms with E-state index in [-0.39, 0.29) is 10.9 Å². The largest absolute Gasteiger partial charge is 0.388 e. The first kappa shape index (κ1) is 15.4. The predicted molar refractivity (Wildman–Crippen MR) is 81.3 cm³/mol. The van der Waals surface area contributed by atoms with Crippen molar-refractivity contribution in [3.8, 4) is 0 Å². The first-order chi connectivity index (χ1) is 8.99. The van der Waals surface area contributed by atoms with Crippen molar-refractivity contribution in [2.75, 3.05) is 31.6 Å². The maximum Gasteiger partial charge on any atom is 0.242 e. The second-order valence-electron chi connectivity index (χ2n) is 4.19. The molecule has 0 unspecified atom stereocenters. The molecule has 0 saturated heterocycles. The number of carbonyl (C=O) groups excluding carboxylic acids is 1. The molecule has 2 N–H and O–H groups in total. The summed E-state index contributed by atoms with van der Waals surface area (Å²) < 4.78 is 0. The van der Waals surface area contributed by atoms with E-state index < -0.39 is 0 Å². The number of amides is 1. The topological polar surface area (TPSA) is 62.5 Å². The van der Waals surface area contributed by atoms with Crippen molar-refractivity contribution in [1.82, 2.24) is 9.88 Å². The molecule has 1 rings (SSSR count). The van der Waals surface area contributed by atoms with Crippen LogP contribution in [0, 0.1) is 0 Å². The highest BCUT2D eigenvalue weighted by Gasteiger charge is 2.13. The van der Waals surface area contributed by atoms with E-state index in [4.69, 9.17) is 18.0 Å². The monoisotopic (exact) mass is 280 g/mol. The van der Waals surface area contributed by atoms with Crippen molar-refractivity contribution in [3.63, 3.8) is 0 Å². The third-order valence-corrected chi connectivity index (χ3v) is 3.14. The van der Waals surface area contributed by atoms with Gasteiger partial charge >= 0.3 is 0 Å². The number of hydrogen-bond acceptors (Lipinski definition) is 4. The molecule has 0 aromatic carbocycles. The normalized spacial score (nSPS) is 10.1. The Morgan fingerprint density at radius 1 is 1.37 bits per heavy atom. The summed E-state index contributed by atoms with van der Waals surface area (Å²) in [7, 11) is 1.86. The molecule has 1 aromatic rings. The fraction of sp³-hybridized carbons (Fsp3) is 0.462. The van der Waals surface area contributed by atoms with Crippen LogP contribution in [0.2, 0.25) is 0 Å². The van der Waals surface area contributed by atoms with Crippen LogP contribution in [0.25, 0.3) is 0 Å². The van der Waals surface area contributed by atoms with E-state index in [9.17, 15) is 4.79 Å². The molecule has 0 aliphatic heterocycles. The maximum absolute atomic E-state index is 12.0. The lowest BCUT2D eigenvalue weighted by Crippen LogP contribution is -2.38. The van der Waals surface area contributed by atoms with Gasteiger partial charge in [0.2, 0.25) is 5.91 Å². The number of anilines is 1. The van der Waals surface area contributed by atoms with Crippen molar-refractivity contribution in [2.24, 2.45) is 5.73 Å². The lowest BCUT2D eigenvalue weighted by atomic mass is 10.3. The molecule has 0 aliphatic rings. The summed E-state index contributed by atoms with van der Waals surface area (Å²) in [4.78, 5) is 20.1. The molecule has 0 fully saturated rings. The van der Waals surface area contributed by atoms with Crippen LogP contribution in [0.5, 0.6) is 0 Å². The van der Waals surface area contributed by atoms with Crippen molar-refractivity contribution < 1.29 is 4.79 Å². The van der Waals surface area contributed by atoms with E-state index in [1.807, 2.05) is 31.9 Å². The number of aromatic nitrogens is 1. The molecule has 0 saturated carbocycles. The minimum absolute atomic E-state index is 0.103. The third-order valence-electron chi connectivity index (χ3n) is 2.93. The van der Waals surface area contributed by atoms with Crippen LogP contribution in [0.4, 0.5) is 5.69 Å². The lowest BCUT2D eigenvalue weighted by molar-refractivity contribution is -0.129. The molecule has 0 bridgehead atoms. The van der Waals surface area contributed by atoms with Gasteiger partial charge in [0.05, 0.1) is 24.1 Å². The molecular formula is C13H20N4OS. The quantitative estimate of drug-likeness (QED) is 0.788. The number of rotatable bonds is 6. The highest BCUT2D eigenvalue weighted by molar-refractivity contribution is 7.80. The van der Waals surface area contributed by atoms with E-state index >= 15 is 0 Å². The number of thiocarbonyl (C=S) groups is 1. The molecule has 6 heteroatoms. The van der Waals surface area contributed by atoms with Crippen LogP contribution in [0.1, 0.15) is 19.5 Å². The van der Waals surface area contributed by atoms with E-state index in [0.717, 1.165) is 18.8 Å². The zero-order chi connectivity index (χ0) is 14.4. The molecule has 1 aromatic heterocycles. The summed E-state index contributed by atoms with van der Waals surface area (Å²) in [6, 6.07) is 3.62. The predicted octanol–water partition coefficient (Wildman–Crippen LogP) is 1.02. The Morgan fingerprint density at radius 2 is 2.00 bits per heavy atom. The van der Waals surface area contributed by atoms with Gasteiger partial charge in [-0.1, -0.05) is 12.2 Å². The molecule has 1 amide bonds. The van der Waals surface area contributed by atoms with Gasteiger partial charge in [0.25, 0.3) is 0 Å². The van der Waals surface area contributed by atoms with Crippen molar-refractivity contribution in [2.45, 2.75) is 13.8 Å². The van der Waals surface area contributed by atoms with Gasteiger partial charge in [-0.3, -0.25) is 9.78 Å². The average molecular weight is 280 g/mol. The Morgan fingerprint density at radius 3 is 2.42 bits per heavy atom. The summed E-state index contributed by atoms with van der Waals surface area (Å²) >= 11 is 4.85. The summed E-state index contributed by atoms with van der Waals surface area (Å²) in [6.07, 6.45) is 1.67. The SMILES string of the molecule is CCN(CC)C(=O)CN(C)c1ccc(C(N)=S)nc1. The van der Waals surface area contributed by atoms with Crippen LogP contribution < -0.4 is 10.6 Å². The molecule has 0 atom stereocenters. The van der Waals surface area contributed by atoms with Gasteiger partial charge in [0.15, 0.2) is 0 Å². The highest BCUT2D eigenvalue weighted by Crippen LogP contribution is 2.11. The minimum atomic E-state index is 0.103. The van der Waals surface area contributed by atoms with Crippen LogP contribution in [0.3, 0.4) is 0 Å². The lowest BCUT2D eigenvalue weighted by Gasteiger charge is -2.24. The number of carbonyl (C=O) groups is 1. The zero-order valence-corrected chi connectivity index (χ0v) is 12.4.